The van der Waals surface area contributed by atoms with Crippen molar-refractivity contribution in [3.8, 4) is 11.4 Å². The lowest BCUT2D eigenvalue weighted by molar-refractivity contribution is 0.0493. The highest BCUT2D eigenvalue weighted by Crippen LogP contribution is 2.29. The molecule has 0 unspecified atom stereocenters. The zero-order valence-corrected chi connectivity index (χ0v) is 17.5. The lowest BCUT2D eigenvalue weighted by atomic mass is 9.90. The first-order chi connectivity index (χ1) is 15.0. The highest BCUT2D eigenvalue weighted by Gasteiger charge is 2.29. The number of ether oxygens (including phenoxy) is 1. The molecule has 0 spiro atoms. The van der Waals surface area contributed by atoms with Gasteiger partial charge < -0.3 is 9.64 Å². The first-order valence-corrected chi connectivity index (χ1v) is 10.9. The molecule has 0 amide bonds. The SMILES string of the molecule is Cc1nc2cc(F)c(F)cc2c(=O)n1-c1ccc(OC2CCN(C3CCC3)CC2)cc1. The fourth-order valence-electron chi connectivity index (χ4n) is 4.57. The molecule has 5 rings (SSSR count). The van der Waals surface area contributed by atoms with E-state index in [1.165, 1.54) is 23.8 Å². The molecule has 1 aliphatic heterocycles. The Kier molecular flexibility index (Phi) is 5.22. The van der Waals surface area contributed by atoms with Crippen molar-refractivity contribution in [1.29, 1.82) is 0 Å². The molecule has 2 fully saturated rings. The monoisotopic (exact) mass is 425 g/mol. The predicted octanol–water partition coefficient (Wildman–Crippen LogP) is 4.37. The second-order valence-corrected chi connectivity index (χ2v) is 8.51. The number of rotatable bonds is 4. The average molecular weight is 425 g/mol. The Hall–Kier alpha value is -2.80. The maximum absolute atomic E-state index is 13.7. The highest BCUT2D eigenvalue weighted by molar-refractivity contribution is 5.78. The predicted molar refractivity (Wildman–Crippen MR) is 115 cm³/mol. The zero-order valence-electron chi connectivity index (χ0n) is 17.5. The van der Waals surface area contributed by atoms with E-state index in [4.69, 9.17) is 4.74 Å². The van der Waals surface area contributed by atoms with Crippen molar-refractivity contribution >= 4 is 10.9 Å². The first kappa shape index (κ1) is 20.1. The second-order valence-electron chi connectivity index (χ2n) is 8.51. The summed E-state index contributed by atoms with van der Waals surface area (Å²) in [5.41, 5.74) is 0.318. The van der Waals surface area contributed by atoms with Crippen LogP contribution in [0.3, 0.4) is 0 Å². The molecule has 5 nitrogen and oxygen atoms in total. The van der Waals surface area contributed by atoms with E-state index in [-0.39, 0.29) is 17.0 Å². The van der Waals surface area contributed by atoms with Crippen LogP contribution in [0.5, 0.6) is 5.75 Å². The van der Waals surface area contributed by atoms with Crippen molar-refractivity contribution in [1.82, 2.24) is 14.5 Å². The van der Waals surface area contributed by atoms with Crippen LogP contribution in [-0.4, -0.2) is 39.7 Å². The van der Waals surface area contributed by atoms with Crippen molar-refractivity contribution in [2.75, 3.05) is 13.1 Å². The number of nitrogens with zero attached hydrogens (tertiary/aromatic N) is 3. The second kappa shape index (κ2) is 8.04. The Morgan fingerprint density at radius 1 is 1.00 bits per heavy atom. The van der Waals surface area contributed by atoms with Gasteiger partial charge in [0.05, 0.1) is 16.6 Å². The first-order valence-electron chi connectivity index (χ1n) is 10.9. The maximum Gasteiger partial charge on any atom is 0.266 e. The summed E-state index contributed by atoms with van der Waals surface area (Å²) in [6, 6.07) is 9.91. The summed E-state index contributed by atoms with van der Waals surface area (Å²) >= 11 is 0. The highest BCUT2D eigenvalue weighted by atomic mass is 19.2. The maximum atomic E-state index is 13.7. The Bertz CT molecular complexity index is 1160. The van der Waals surface area contributed by atoms with Gasteiger partial charge in [0.25, 0.3) is 5.56 Å². The van der Waals surface area contributed by atoms with Gasteiger partial charge in [0.15, 0.2) is 11.6 Å². The molecule has 31 heavy (non-hydrogen) atoms. The molecule has 1 saturated heterocycles. The van der Waals surface area contributed by atoms with E-state index in [2.05, 4.69) is 9.88 Å². The van der Waals surface area contributed by atoms with Crippen molar-refractivity contribution in [2.45, 2.75) is 51.2 Å². The van der Waals surface area contributed by atoms with Gasteiger partial charge in [-0.25, -0.2) is 13.8 Å². The minimum Gasteiger partial charge on any atom is -0.490 e. The summed E-state index contributed by atoms with van der Waals surface area (Å²) in [6.07, 6.45) is 6.26. The number of likely N-dealkylation sites (tertiary alicyclic amines) is 1. The molecule has 0 radical (unpaired) electrons. The van der Waals surface area contributed by atoms with Crippen LogP contribution in [0.1, 0.15) is 37.9 Å². The normalized spacial score (nSPS) is 18.3. The van der Waals surface area contributed by atoms with Crippen molar-refractivity contribution in [2.24, 2.45) is 0 Å². The number of hydrogen-bond donors (Lipinski definition) is 0. The van der Waals surface area contributed by atoms with Gasteiger partial charge >= 0.3 is 0 Å². The molecule has 3 aromatic rings. The topological polar surface area (TPSA) is 47.4 Å². The van der Waals surface area contributed by atoms with Crippen LogP contribution in [-0.2, 0) is 0 Å². The van der Waals surface area contributed by atoms with Gasteiger partial charge in [-0.3, -0.25) is 9.36 Å². The summed E-state index contributed by atoms with van der Waals surface area (Å²) in [4.78, 5) is 19.8. The number of fused-ring (bicyclic) bond motifs is 1. The summed E-state index contributed by atoms with van der Waals surface area (Å²) in [7, 11) is 0. The van der Waals surface area contributed by atoms with E-state index in [0.29, 0.717) is 11.5 Å². The van der Waals surface area contributed by atoms with Crippen LogP contribution in [0.4, 0.5) is 8.78 Å². The molecule has 2 aliphatic rings. The zero-order chi connectivity index (χ0) is 21.5. The largest absolute Gasteiger partial charge is 0.490 e. The van der Waals surface area contributed by atoms with Crippen LogP contribution < -0.4 is 10.3 Å². The number of aryl methyl sites for hydroxylation is 1. The number of benzene rings is 2. The lowest BCUT2D eigenvalue weighted by Gasteiger charge is -2.41. The van der Waals surface area contributed by atoms with Gasteiger partial charge in [0.2, 0.25) is 0 Å². The smallest absolute Gasteiger partial charge is 0.266 e. The Labute approximate surface area is 179 Å². The minimum atomic E-state index is -1.06. The van der Waals surface area contributed by atoms with Gasteiger partial charge in [-0.15, -0.1) is 0 Å². The third-order valence-corrected chi connectivity index (χ3v) is 6.54. The molecule has 2 heterocycles. The molecular formula is C24H25F2N3O2. The molecule has 162 valence electrons. The number of hydrogen-bond acceptors (Lipinski definition) is 4. The molecule has 1 saturated carbocycles. The van der Waals surface area contributed by atoms with E-state index in [1.807, 2.05) is 12.1 Å². The standard InChI is InChI=1S/C24H25F2N3O2/c1-15-27-23-14-22(26)21(25)13-20(23)24(30)29(15)17-5-7-18(8-6-17)31-19-9-11-28(12-10-19)16-3-2-4-16/h5-8,13-14,16,19H,2-4,9-12H2,1H3. The van der Waals surface area contributed by atoms with E-state index >= 15 is 0 Å². The van der Waals surface area contributed by atoms with E-state index < -0.39 is 17.2 Å². The van der Waals surface area contributed by atoms with E-state index in [1.54, 1.807) is 19.1 Å². The van der Waals surface area contributed by atoms with Crippen LogP contribution >= 0.6 is 0 Å². The molecule has 1 aromatic heterocycles. The van der Waals surface area contributed by atoms with Gasteiger partial charge in [0, 0.05) is 25.2 Å². The molecule has 7 heteroatoms. The molecule has 2 aromatic carbocycles. The molecule has 1 aliphatic carbocycles. The third-order valence-electron chi connectivity index (χ3n) is 6.54. The van der Waals surface area contributed by atoms with Gasteiger partial charge in [-0.1, -0.05) is 6.42 Å². The summed E-state index contributed by atoms with van der Waals surface area (Å²) in [6.45, 7) is 3.84. The van der Waals surface area contributed by atoms with Gasteiger partial charge in [-0.2, -0.15) is 0 Å². The van der Waals surface area contributed by atoms with Crippen molar-refractivity contribution < 1.29 is 13.5 Å². The average Bonchev–Trinajstić information content (AvgIpc) is 2.71. The molecule has 0 N–H and O–H groups in total. The lowest BCUT2D eigenvalue weighted by Crippen LogP contribution is -2.46. The quantitative estimate of drug-likeness (QED) is 0.623. The minimum absolute atomic E-state index is 0.0445. The van der Waals surface area contributed by atoms with E-state index in [9.17, 15) is 13.6 Å². The Morgan fingerprint density at radius 3 is 2.32 bits per heavy atom. The number of halogens is 2. The number of aromatic nitrogens is 2. The van der Waals surface area contributed by atoms with Crippen LogP contribution in [0.15, 0.2) is 41.2 Å². The van der Waals surface area contributed by atoms with Crippen molar-refractivity contribution in [3.05, 3.63) is 64.2 Å². The summed E-state index contributed by atoms with van der Waals surface area (Å²) in [5.74, 6) is -0.913. The third kappa shape index (κ3) is 3.82. The van der Waals surface area contributed by atoms with Gasteiger partial charge in [-0.05, 0) is 62.9 Å². The number of piperidine rings is 1. The molecule has 0 atom stereocenters. The fourth-order valence-corrected chi connectivity index (χ4v) is 4.57. The van der Waals surface area contributed by atoms with Crippen LogP contribution in [0.25, 0.3) is 16.6 Å². The summed E-state index contributed by atoms with van der Waals surface area (Å²) in [5, 5.41) is 0.0445. The van der Waals surface area contributed by atoms with Crippen LogP contribution in [0.2, 0.25) is 0 Å². The molecular weight excluding hydrogens is 400 g/mol. The van der Waals surface area contributed by atoms with Crippen molar-refractivity contribution in [3.63, 3.8) is 0 Å². The Morgan fingerprint density at radius 2 is 1.68 bits per heavy atom. The summed E-state index contributed by atoms with van der Waals surface area (Å²) < 4.78 is 34.7. The van der Waals surface area contributed by atoms with E-state index in [0.717, 1.165) is 49.9 Å². The Balaban J connectivity index is 1.33. The fraction of sp³-hybridized carbons (Fsp3) is 0.417. The van der Waals surface area contributed by atoms with Gasteiger partial charge in [0.1, 0.15) is 17.7 Å². The molecule has 0 bridgehead atoms. The van der Waals surface area contributed by atoms with Crippen LogP contribution in [0, 0.1) is 18.6 Å².